The average molecular weight is 464 g/mol. The summed E-state index contributed by atoms with van der Waals surface area (Å²) in [4.78, 5) is 54.4. The van der Waals surface area contributed by atoms with E-state index in [0.717, 1.165) is 5.56 Å². The zero-order chi connectivity index (χ0) is 24.1. The van der Waals surface area contributed by atoms with Gasteiger partial charge in [-0.3, -0.25) is 14.4 Å². The summed E-state index contributed by atoms with van der Waals surface area (Å²) in [7, 11) is 0. The number of rotatable bonds is 7. The molecule has 1 unspecified atom stereocenters. The van der Waals surface area contributed by atoms with Crippen LogP contribution < -0.4 is 5.32 Å². The van der Waals surface area contributed by atoms with Gasteiger partial charge in [0.2, 0.25) is 11.8 Å². The Bertz CT molecular complexity index is 1040. The molecule has 2 aromatic rings. The number of likely N-dealkylation sites (tertiary alicyclic amines) is 2. The maximum absolute atomic E-state index is 13.7. The van der Waals surface area contributed by atoms with Gasteiger partial charge in [-0.05, 0) is 43.4 Å². The number of hydrogen-bond donors (Lipinski definition) is 2. The summed E-state index contributed by atoms with van der Waals surface area (Å²) in [5, 5.41) is 12.4. The summed E-state index contributed by atoms with van der Waals surface area (Å²) in [6.45, 7) is 0.778. The molecule has 4 rings (SSSR count). The summed E-state index contributed by atoms with van der Waals surface area (Å²) < 4.78 is 0. The van der Waals surface area contributed by atoms with Crippen LogP contribution in [-0.2, 0) is 20.8 Å². The highest BCUT2D eigenvalue weighted by Gasteiger charge is 2.43. The number of carboxylic acids is 1. The van der Waals surface area contributed by atoms with Crippen LogP contribution in [0, 0.1) is 0 Å². The topological polar surface area (TPSA) is 107 Å². The summed E-state index contributed by atoms with van der Waals surface area (Å²) in [5.74, 6) is -2.01. The Hall–Kier alpha value is -3.68. The molecule has 178 valence electrons. The van der Waals surface area contributed by atoms with Crippen molar-refractivity contribution < 1.29 is 24.3 Å². The molecule has 34 heavy (non-hydrogen) atoms. The van der Waals surface area contributed by atoms with Crippen LogP contribution in [0.1, 0.15) is 41.6 Å². The van der Waals surface area contributed by atoms with Crippen molar-refractivity contribution >= 4 is 23.7 Å². The molecule has 0 aromatic heterocycles. The fourth-order valence-electron chi connectivity index (χ4n) is 4.85. The zero-order valence-corrected chi connectivity index (χ0v) is 18.9. The summed E-state index contributed by atoms with van der Waals surface area (Å²) in [5.41, 5.74) is 1.34. The standard InChI is InChI=1S/C26H29N3O5/c30-23(19-11-5-2-6-12-19)27-20(17-18-9-3-1-4-10-18)24(31)28-15-7-13-21(28)25(32)29-16-8-14-22(29)26(33)34/h1-6,9-12,20-22H,7-8,13-17H2,(H,27,30)(H,33,34)/t20-,21-,22?/m0/s1. The highest BCUT2D eigenvalue weighted by Crippen LogP contribution is 2.26. The first kappa shape index (κ1) is 23.5. The summed E-state index contributed by atoms with van der Waals surface area (Å²) in [6.07, 6.45) is 2.48. The monoisotopic (exact) mass is 463 g/mol. The number of carbonyl (C=O) groups excluding carboxylic acids is 3. The van der Waals surface area contributed by atoms with Gasteiger partial charge in [-0.15, -0.1) is 0 Å². The van der Waals surface area contributed by atoms with E-state index in [9.17, 15) is 24.3 Å². The molecule has 3 amide bonds. The first-order valence-corrected chi connectivity index (χ1v) is 11.7. The molecule has 2 aliphatic heterocycles. The van der Waals surface area contributed by atoms with Gasteiger partial charge >= 0.3 is 5.97 Å². The van der Waals surface area contributed by atoms with Crippen LogP contribution in [0.4, 0.5) is 0 Å². The molecular formula is C26H29N3O5. The first-order chi connectivity index (χ1) is 16.5. The van der Waals surface area contributed by atoms with Crippen molar-refractivity contribution in [1.82, 2.24) is 15.1 Å². The van der Waals surface area contributed by atoms with Crippen molar-refractivity contribution in [2.24, 2.45) is 0 Å². The lowest BCUT2D eigenvalue weighted by molar-refractivity contribution is -0.152. The second-order valence-corrected chi connectivity index (χ2v) is 8.80. The molecule has 8 heteroatoms. The van der Waals surface area contributed by atoms with Crippen molar-refractivity contribution in [1.29, 1.82) is 0 Å². The average Bonchev–Trinajstić information content (AvgIpc) is 3.54. The molecule has 2 saturated heterocycles. The Labute approximate surface area is 198 Å². The largest absolute Gasteiger partial charge is 0.480 e. The minimum absolute atomic E-state index is 0.289. The van der Waals surface area contributed by atoms with Gasteiger partial charge in [-0.2, -0.15) is 0 Å². The van der Waals surface area contributed by atoms with E-state index in [4.69, 9.17) is 0 Å². The molecule has 8 nitrogen and oxygen atoms in total. The molecule has 0 saturated carbocycles. The van der Waals surface area contributed by atoms with Gasteiger partial charge in [0, 0.05) is 25.1 Å². The second-order valence-electron chi connectivity index (χ2n) is 8.80. The Morgan fingerprint density at radius 2 is 1.44 bits per heavy atom. The fourth-order valence-corrected chi connectivity index (χ4v) is 4.85. The van der Waals surface area contributed by atoms with E-state index in [1.807, 2.05) is 36.4 Å². The maximum Gasteiger partial charge on any atom is 0.326 e. The molecule has 0 spiro atoms. The lowest BCUT2D eigenvalue weighted by Crippen LogP contribution is -2.55. The Balaban J connectivity index is 1.55. The molecule has 2 fully saturated rings. The van der Waals surface area contributed by atoms with Crippen molar-refractivity contribution in [3.8, 4) is 0 Å². The van der Waals surface area contributed by atoms with Crippen LogP contribution >= 0.6 is 0 Å². The number of carboxylic acid groups (broad SMARTS) is 1. The van der Waals surface area contributed by atoms with Gasteiger partial charge in [-0.1, -0.05) is 48.5 Å². The molecule has 3 atom stereocenters. The third-order valence-corrected chi connectivity index (χ3v) is 6.56. The Morgan fingerprint density at radius 3 is 2.09 bits per heavy atom. The zero-order valence-electron chi connectivity index (χ0n) is 18.9. The molecule has 0 aliphatic carbocycles. The summed E-state index contributed by atoms with van der Waals surface area (Å²) in [6, 6.07) is 15.7. The van der Waals surface area contributed by atoms with Crippen molar-refractivity contribution in [3.63, 3.8) is 0 Å². The fraction of sp³-hybridized carbons (Fsp3) is 0.385. The minimum Gasteiger partial charge on any atom is -0.480 e. The molecule has 2 heterocycles. The molecular weight excluding hydrogens is 434 g/mol. The summed E-state index contributed by atoms with van der Waals surface area (Å²) >= 11 is 0. The van der Waals surface area contributed by atoms with Crippen LogP contribution in [0.15, 0.2) is 60.7 Å². The van der Waals surface area contributed by atoms with Crippen LogP contribution in [0.2, 0.25) is 0 Å². The first-order valence-electron chi connectivity index (χ1n) is 11.7. The molecule has 0 radical (unpaired) electrons. The van der Waals surface area contributed by atoms with Gasteiger partial charge in [0.25, 0.3) is 5.91 Å². The predicted octanol–water partition coefficient (Wildman–Crippen LogP) is 2.09. The van der Waals surface area contributed by atoms with Gasteiger partial charge in [0.05, 0.1) is 0 Å². The number of amides is 3. The van der Waals surface area contributed by atoms with Gasteiger partial charge in [-0.25, -0.2) is 4.79 Å². The maximum atomic E-state index is 13.7. The van der Waals surface area contributed by atoms with E-state index in [2.05, 4.69) is 5.32 Å². The third kappa shape index (κ3) is 5.11. The third-order valence-electron chi connectivity index (χ3n) is 6.56. The highest BCUT2D eigenvalue weighted by molar-refractivity contribution is 5.99. The van der Waals surface area contributed by atoms with E-state index in [0.29, 0.717) is 44.3 Å². The van der Waals surface area contributed by atoms with Crippen molar-refractivity contribution in [3.05, 3.63) is 71.8 Å². The smallest absolute Gasteiger partial charge is 0.326 e. The van der Waals surface area contributed by atoms with Crippen LogP contribution in [0.3, 0.4) is 0 Å². The Kier molecular flexibility index (Phi) is 7.25. The van der Waals surface area contributed by atoms with Gasteiger partial charge < -0.3 is 20.2 Å². The minimum atomic E-state index is -1.01. The van der Waals surface area contributed by atoms with E-state index < -0.39 is 24.1 Å². The van der Waals surface area contributed by atoms with Crippen molar-refractivity contribution in [2.45, 2.75) is 50.2 Å². The van der Waals surface area contributed by atoms with E-state index in [-0.39, 0.29) is 24.1 Å². The SMILES string of the molecule is O=C(N[C@@H](Cc1ccccc1)C(=O)N1CCC[C@H]1C(=O)N1CCCC1C(=O)O)c1ccccc1. The molecule has 2 aromatic carbocycles. The normalized spacial score (nSPS) is 20.7. The molecule has 2 aliphatic rings. The number of nitrogens with zero attached hydrogens (tertiary/aromatic N) is 2. The van der Waals surface area contributed by atoms with E-state index >= 15 is 0 Å². The van der Waals surface area contributed by atoms with Crippen LogP contribution in [0.25, 0.3) is 0 Å². The van der Waals surface area contributed by atoms with E-state index in [1.165, 1.54) is 9.80 Å². The number of aliphatic carboxylic acids is 1. The van der Waals surface area contributed by atoms with Gasteiger partial charge in [0.15, 0.2) is 0 Å². The second kappa shape index (κ2) is 10.5. The number of benzene rings is 2. The molecule has 2 N–H and O–H groups in total. The van der Waals surface area contributed by atoms with Crippen LogP contribution in [-0.4, -0.2) is 69.8 Å². The lowest BCUT2D eigenvalue weighted by Gasteiger charge is -2.32. The predicted molar refractivity (Wildman–Crippen MR) is 125 cm³/mol. The Morgan fingerprint density at radius 1 is 0.853 bits per heavy atom. The number of carbonyl (C=O) groups is 4. The highest BCUT2D eigenvalue weighted by atomic mass is 16.4. The van der Waals surface area contributed by atoms with Crippen molar-refractivity contribution in [2.75, 3.05) is 13.1 Å². The number of nitrogens with one attached hydrogen (secondary N) is 1. The quantitative estimate of drug-likeness (QED) is 0.654. The lowest BCUT2D eigenvalue weighted by atomic mass is 10.0. The van der Waals surface area contributed by atoms with E-state index in [1.54, 1.807) is 24.3 Å². The van der Waals surface area contributed by atoms with Crippen LogP contribution in [0.5, 0.6) is 0 Å². The van der Waals surface area contributed by atoms with Gasteiger partial charge in [0.1, 0.15) is 18.1 Å². The number of hydrogen-bond acceptors (Lipinski definition) is 4. The molecule has 0 bridgehead atoms.